The molecule has 0 aliphatic heterocycles. The fourth-order valence-electron chi connectivity index (χ4n) is 4.12. The van der Waals surface area contributed by atoms with Crippen LogP contribution in [-0.2, 0) is 30.1 Å². The number of alkyl halides is 6. The van der Waals surface area contributed by atoms with Gasteiger partial charge in [-0.25, -0.2) is 28.4 Å². The van der Waals surface area contributed by atoms with Crippen LogP contribution < -0.4 is 18.9 Å². The molecule has 17 heteroatoms. The molecule has 0 atom stereocenters. The molecule has 0 aliphatic rings. The van der Waals surface area contributed by atoms with Crippen LogP contribution >= 0.6 is 0 Å². The first-order valence-corrected chi connectivity index (χ1v) is 16.0. The molecule has 0 aliphatic carbocycles. The molecule has 0 N–H and O–H groups in total. The summed E-state index contributed by atoms with van der Waals surface area (Å²) in [5.74, 6) is -7.38. The standard InChI is InChI=1S/C41H29F7O10/c1-20(2)35(49)55-28-16-12-26(13-17-28)39(53)54-19-23(7)30-32(42)33(57-36(50)21(3)4)29(31(41(46,47)48)34(30)58-37(51)22(5)6)18-11-25-9-14-27(15-10-25)56-38(52)24(8)40(43,44)45/h9-10,12-17,19H,1,3,5,8H2,2,4,6-7H3/b23-19+. The Balaban J connectivity index is 2.25. The number of allylic oxidation sites excluding steroid dienone is 1. The molecule has 10 nitrogen and oxygen atoms in total. The Labute approximate surface area is 325 Å². The molecular formula is C41H29F7O10. The van der Waals surface area contributed by atoms with Crippen molar-refractivity contribution in [3.05, 3.63) is 137 Å². The quantitative estimate of drug-likeness (QED) is 0.0462. The molecule has 3 rings (SSSR count). The second-order valence-electron chi connectivity index (χ2n) is 12.0. The number of carbonyl (C=O) groups excluding carboxylic acids is 5. The maximum absolute atomic E-state index is 16.7. The molecule has 3 aromatic rings. The largest absolute Gasteiger partial charge is 0.431 e. The fourth-order valence-corrected chi connectivity index (χ4v) is 4.12. The van der Waals surface area contributed by atoms with Crippen molar-refractivity contribution in [2.75, 3.05) is 0 Å². The lowest BCUT2D eigenvalue weighted by Crippen LogP contribution is -2.23. The van der Waals surface area contributed by atoms with E-state index in [-0.39, 0.29) is 22.4 Å². The van der Waals surface area contributed by atoms with Gasteiger partial charge >= 0.3 is 42.2 Å². The van der Waals surface area contributed by atoms with Crippen molar-refractivity contribution < 1.29 is 78.4 Å². The average Bonchev–Trinajstić information content (AvgIpc) is 3.13. The molecule has 0 heterocycles. The van der Waals surface area contributed by atoms with E-state index < -0.39 is 104 Å². The number of carbonyl (C=O) groups is 5. The zero-order chi connectivity index (χ0) is 43.9. The molecule has 302 valence electrons. The van der Waals surface area contributed by atoms with E-state index in [0.29, 0.717) is 6.26 Å². The third kappa shape index (κ3) is 11.4. The molecule has 0 saturated carbocycles. The zero-order valence-electron chi connectivity index (χ0n) is 30.8. The Morgan fingerprint density at radius 1 is 0.621 bits per heavy atom. The van der Waals surface area contributed by atoms with Crippen LogP contribution in [0.2, 0.25) is 0 Å². The number of halogens is 7. The molecule has 0 fully saturated rings. The molecule has 3 aromatic carbocycles. The Bertz CT molecular complexity index is 2340. The van der Waals surface area contributed by atoms with Crippen LogP contribution in [0.15, 0.2) is 103 Å². The van der Waals surface area contributed by atoms with Crippen molar-refractivity contribution in [3.8, 4) is 34.8 Å². The van der Waals surface area contributed by atoms with Crippen molar-refractivity contribution in [2.24, 2.45) is 0 Å². The van der Waals surface area contributed by atoms with E-state index in [2.05, 4.69) is 37.0 Å². The van der Waals surface area contributed by atoms with E-state index >= 15 is 17.6 Å². The Hall–Kier alpha value is -7.22. The summed E-state index contributed by atoms with van der Waals surface area (Å²) in [5, 5.41) is 0. The molecule has 0 saturated heterocycles. The lowest BCUT2D eigenvalue weighted by atomic mass is 9.95. The molecule has 0 amide bonds. The van der Waals surface area contributed by atoms with Gasteiger partial charge in [0.05, 0.1) is 23.0 Å². The van der Waals surface area contributed by atoms with Gasteiger partial charge in [0, 0.05) is 22.3 Å². The minimum atomic E-state index is -5.56. The first kappa shape index (κ1) is 45.2. The molecule has 0 spiro atoms. The van der Waals surface area contributed by atoms with E-state index in [1.165, 1.54) is 31.2 Å². The van der Waals surface area contributed by atoms with E-state index in [1.54, 1.807) is 0 Å². The van der Waals surface area contributed by atoms with Crippen molar-refractivity contribution in [2.45, 2.75) is 40.0 Å². The van der Waals surface area contributed by atoms with Gasteiger partial charge in [-0.05, 0) is 81.8 Å². The van der Waals surface area contributed by atoms with Crippen molar-refractivity contribution in [1.82, 2.24) is 0 Å². The second kappa shape index (κ2) is 18.2. The van der Waals surface area contributed by atoms with E-state index in [1.807, 2.05) is 5.92 Å². The minimum absolute atomic E-state index is 0.0241. The number of rotatable bonds is 11. The van der Waals surface area contributed by atoms with Crippen LogP contribution in [0.3, 0.4) is 0 Å². The summed E-state index contributed by atoms with van der Waals surface area (Å²) in [5.41, 5.74) is -8.00. The number of hydrogen-bond donors (Lipinski definition) is 0. The Morgan fingerprint density at radius 2 is 1.07 bits per heavy atom. The Kier molecular flexibility index (Phi) is 14.1. The van der Waals surface area contributed by atoms with Crippen LogP contribution in [0.4, 0.5) is 30.7 Å². The highest BCUT2D eigenvalue weighted by Gasteiger charge is 2.44. The SMILES string of the molecule is C=C(C)C(=O)Oc1ccc(C(=O)O/C=C(\C)c2c(F)c(OC(=O)C(=C)C)c(C#Cc3ccc(OC(=O)C(=C)C(F)(F)F)cc3)c(C(F)(F)F)c2OC(=O)C(=C)C)cc1. The summed E-state index contributed by atoms with van der Waals surface area (Å²) in [4.78, 5) is 61.8. The highest BCUT2D eigenvalue weighted by atomic mass is 19.4. The average molecular weight is 815 g/mol. The van der Waals surface area contributed by atoms with E-state index in [4.69, 9.17) is 18.9 Å². The summed E-state index contributed by atoms with van der Waals surface area (Å²) in [6, 6.07) is 8.67. The minimum Gasteiger partial charge on any atom is -0.431 e. The maximum atomic E-state index is 16.7. The summed E-state index contributed by atoms with van der Waals surface area (Å²) < 4.78 is 125. The lowest BCUT2D eigenvalue weighted by Gasteiger charge is -2.22. The molecule has 0 bridgehead atoms. The van der Waals surface area contributed by atoms with Gasteiger partial charge in [0.25, 0.3) is 0 Å². The van der Waals surface area contributed by atoms with Gasteiger partial charge in [-0.15, -0.1) is 0 Å². The normalized spacial score (nSPS) is 11.3. The van der Waals surface area contributed by atoms with Crippen LogP contribution in [0.5, 0.6) is 23.0 Å². The van der Waals surface area contributed by atoms with Crippen LogP contribution in [-0.4, -0.2) is 36.0 Å². The number of esters is 5. The van der Waals surface area contributed by atoms with E-state index in [0.717, 1.165) is 45.0 Å². The third-order valence-corrected chi connectivity index (χ3v) is 7.09. The number of ether oxygens (including phenoxy) is 5. The summed E-state index contributed by atoms with van der Waals surface area (Å²) >= 11 is 0. The van der Waals surface area contributed by atoms with Crippen LogP contribution in [0, 0.1) is 17.7 Å². The smallest absolute Gasteiger partial charge is 0.422 e. The molecule has 0 unspecified atom stereocenters. The maximum Gasteiger partial charge on any atom is 0.422 e. The van der Waals surface area contributed by atoms with Crippen LogP contribution in [0.25, 0.3) is 5.57 Å². The van der Waals surface area contributed by atoms with Crippen molar-refractivity contribution in [1.29, 1.82) is 0 Å². The van der Waals surface area contributed by atoms with Gasteiger partial charge in [-0.3, -0.25) is 0 Å². The summed E-state index contributed by atoms with van der Waals surface area (Å²) in [6.45, 7) is 17.2. The predicted molar refractivity (Wildman–Crippen MR) is 192 cm³/mol. The summed E-state index contributed by atoms with van der Waals surface area (Å²) in [7, 11) is 0. The van der Waals surface area contributed by atoms with E-state index in [9.17, 15) is 37.1 Å². The van der Waals surface area contributed by atoms with Gasteiger partial charge < -0.3 is 23.7 Å². The van der Waals surface area contributed by atoms with Crippen molar-refractivity contribution in [3.63, 3.8) is 0 Å². The zero-order valence-corrected chi connectivity index (χ0v) is 30.8. The first-order valence-electron chi connectivity index (χ1n) is 16.0. The monoisotopic (exact) mass is 814 g/mol. The van der Waals surface area contributed by atoms with Gasteiger partial charge in [0.1, 0.15) is 22.6 Å². The summed E-state index contributed by atoms with van der Waals surface area (Å²) in [6.07, 6.45) is -10.1. The Morgan fingerprint density at radius 3 is 1.53 bits per heavy atom. The molecule has 58 heavy (non-hydrogen) atoms. The third-order valence-electron chi connectivity index (χ3n) is 7.09. The lowest BCUT2D eigenvalue weighted by molar-refractivity contribution is -0.143. The molecule has 0 radical (unpaired) electrons. The second-order valence-corrected chi connectivity index (χ2v) is 12.0. The molecular weight excluding hydrogens is 785 g/mol. The fraction of sp³-hybridized carbons (Fsp3) is 0.146. The number of hydrogen-bond acceptors (Lipinski definition) is 10. The predicted octanol–water partition coefficient (Wildman–Crippen LogP) is 8.93. The van der Waals surface area contributed by atoms with Gasteiger partial charge in [-0.1, -0.05) is 38.2 Å². The molecule has 0 aromatic heterocycles. The van der Waals surface area contributed by atoms with Gasteiger partial charge in [-0.2, -0.15) is 26.3 Å². The highest BCUT2D eigenvalue weighted by Crippen LogP contribution is 2.48. The highest BCUT2D eigenvalue weighted by molar-refractivity contribution is 5.94. The van der Waals surface area contributed by atoms with Gasteiger partial charge in [0.15, 0.2) is 17.3 Å². The first-order chi connectivity index (χ1) is 26.8. The topological polar surface area (TPSA) is 132 Å². The van der Waals surface area contributed by atoms with Crippen LogP contribution in [0.1, 0.15) is 60.3 Å². The van der Waals surface area contributed by atoms with Gasteiger partial charge in [0.2, 0.25) is 0 Å². The number of benzene rings is 3. The van der Waals surface area contributed by atoms with Crippen molar-refractivity contribution >= 4 is 35.4 Å².